The van der Waals surface area contributed by atoms with Crippen LogP contribution in [0, 0.1) is 10.1 Å². The lowest BCUT2D eigenvalue weighted by Gasteiger charge is -2.11. The van der Waals surface area contributed by atoms with E-state index >= 15 is 0 Å². The van der Waals surface area contributed by atoms with E-state index < -0.39 is 10.2 Å². The summed E-state index contributed by atoms with van der Waals surface area (Å²) in [5.74, 6) is -0.322. The van der Waals surface area contributed by atoms with Gasteiger partial charge in [-0.05, 0) is 13.0 Å². The van der Waals surface area contributed by atoms with Crippen LogP contribution < -0.4 is 5.32 Å². The average Bonchev–Trinajstić information content (AvgIpc) is 2.93. The highest BCUT2D eigenvalue weighted by atomic mass is 35.5. The molecule has 1 N–H and O–H groups in total. The molecule has 7 nitrogen and oxygen atoms in total. The molecule has 0 aliphatic rings. The van der Waals surface area contributed by atoms with Crippen molar-refractivity contribution >= 4 is 52.0 Å². The number of carbonyl (C=O) groups excluding carboxylic acids is 1. The van der Waals surface area contributed by atoms with Crippen molar-refractivity contribution in [2.24, 2.45) is 0 Å². The van der Waals surface area contributed by atoms with Crippen molar-refractivity contribution in [3.8, 4) is 0 Å². The molecular formula is C11H9ClN4O3S2. The van der Waals surface area contributed by atoms with Crippen LogP contribution >= 0.6 is 34.7 Å². The van der Waals surface area contributed by atoms with Gasteiger partial charge in [0.2, 0.25) is 5.91 Å². The van der Waals surface area contributed by atoms with Crippen LogP contribution in [0.4, 0.5) is 11.4 Å². The van der Waals surface area contributed by atoms with Crippen LogP contribution in [0.1, 0.15) is 6.92 Å². The number of carbonyl (C=O) groups is 1. The topological polar surface area (TPSA) is 98.0 Å². The van der Waals surface area contributed by atoms with Crippen molar-refractivity contribution < 1.29 is 9.72 Å². The summed E-state index contributed by atoms with van der Waals surface area (Å²) in [4.78, 5) is 22.2. The van der Waals surface area contributed by atoms with E-state index in [9.17, 15) is 14.9 Å². The number of rotatable bonds is 5. The Morgan fingerprint density at radius 3 is 2.95 bits per heavy atom. The molecular weight excluding hydrogens is 336 g/mol. The maximum Gasteiger partial charge on any atom is 0.271 e. The molecule has 1 unspecified atom stereocenters. The van der Waals surface area contributed by atoms with Gasteiger partial charge in [-0.25, -0.2) is 0 Å². The second-order valence-corrected chi connectivity index (χ2v) is 6.70. The summed E-state index contributed by atoms with van der Waals surface area (Å²) in [5.41, 5.74) is 1.64. The minimum atomic E-state index is -0.550. The smallest absolute Gasteiger partial charge is 0.271 e. The van der Waals surface area contributed by atoms with E-state index in [4.69, 9.17) is 11.6 Å². The second kappa shape index (κ2) is 6.83. The van der Waals surface area contributed by atoms with Crippen molar-refractivity contribution in [1.29, 1.82) is 0 Å². The Labute approximate surface area is 132 Å². The molecule has 1 atom stereocenters. The van der Waals surface area contributed by atoms with Crippen molar-refractivity contribution in [1.82, 2.24) is 10.2 Å². The Bertz CT molecular complexity index is 665. The fourth-order valence-electron chi connectivity index (χ4n) is 1.38. The Hall–Kier alpha value is -1.71. The highest BCUT2D eigenvalue weighted by molar-refractivity contribution is 8.02. The number of halogens is 1. The highest BCUT2D eigenvalue weighted by Crippen LogP contribution is 2.29. The normalized spacial score (nSPS) is 11.9. The van der Waals surface area contributed by atoms with Gasteiger partial charge in [0.1, 0.15) is 5.51 Å². The third-order valence-corrected chi connectivity index (χ3v) is 4.65. The Morgan fingerprint density at radius 2 is 2.33 bits per heavy atom. The summed E-state index contributed by atoms with van der Waals surface area (Å²) in [7, 11) is 0. The van der Waals surface area contributed by atoms with Gasteiger partial charge >= 0.3 is 0 Å². The standard InChI is InChI=1S/C11H9ClN4O3S2/c1-6(21-11-15-13-5-20-11)10(17)14-9-4-7(16(18)19)2-3-8(9)12/h2-6H,1H3,(H,14,17). The van der Waals surface area contributed by atoms with Gasteiger partial charge in [-0.15, -0.1) is 10.2 Å². The molecule has 1 amide bonds. The lowest BCUT2D eigenvalue weighted by Crippen LogP contribution is -2.22. The molecule has 10 heteroatoms. The fourth-order valence-corrected chi connectivity index (χ4v) is 3.17. The first-order chi connectivity index (χ1) is 9.97. The predicted octanol–water partition coefficient (Wildman–Crippen LogP) is 3.22. The minimum Gasteiger partial charge on any atom is -0.324 e. The van der Waals surface area contributed by atoms with E-state index in [1.807, 2.05) is 0 Å². The molecule has 0 aliphatic carbocycles. The van der Waals surface area contributed by atoms with Crippen molar-refractivity contribution in [3.05, 3.63) is 38.8 Å². The molecule has 1 heterocycles. The first kappa shape index (κ1) is 15.7. The monoisotopic (exact) mass is 344 g/mol. The SMILES string of the molecule is CC(Sc1nncs1)C(=O)Nc1cc([N+](=O)[O-])ccc1Cl. The third kappa shape index (κ3) is 4.13. The molecule has 2 rings (SSSR count). The zero-order valence-electron chi connectivity index (χ0n) is 10.6. The summed E-state index contributed by atoms with van der Waals surface area (Å²) in [5, 5.41) is 20.6. The summed E-state index contributed by atoms with van der Waals surface area (Å²) >= 11 is 8.51. The van der Waals surface area contributed by atoms with E-state index in [0.29, 0.717) is 4.34 Å². The van der Waals surface area contributed by atoms with Crippen LogP contribution in [-0.2, 0) is 4.79 Å². The number of non-ortho nitro benzene ring substituents is 1. The van der Waals surface area contributed by atoms with Gasteiger partial charge in [-0.3, -0.25) is 14.9 Å². The van der Waals surface area contributed by atoms with Gasteiger partial charge in [0, 0.05) is 12.1 Å². The minimum absolute atomic E-state index is 0.140. The summed E-state index contributed by atoms with van der Waals surface area (Å²) in [6, 6.07) is 3.87. The van der Waals surface area contributed by atoms with Gasteiger partial charge in [-0.2, -0.15) is 0 Å². The maximum atomic E-state index is 12.1. The molecule has 2 aromatic rings. The van der Waals surface area contributed by atoms with E-state index in [1.54, 1.807) is 12.4 Å². The number of nitro groups is 1. The van der Waals surface area contributed by atoms with Crippen LogP contribution in [0.2, 0.25) is 5.02 Å². The quantitative estimate of drug-likeness (QED) is 0.508. The Balaban J connectivity index is 2.08. The van der Waals surface area contributed by atoms with Gasteiger partial charge in [0.25, 0.3) is 5.69 Å². The molecule has 0 radical (unpaired) electrons. The first-order valence-electron chi connectivity index (χ1n) is 5.65. The molecule has 0 bridgehead atoms. The van der Waals surface area contributed by atoms with E-state index in [0.717, 1.165) is 0 Å². The van der Waals surface area contributed by atoms with Crippen molar-refractivity contribution in [2.45, 2.75) is 16.5 Å². The zero-order valence-corrected chi connectivity index (χ0v) is 13.0. The molecule has 0 fully saturated rings. The number of amides is 1. The number of hydrogen-bond acceptors (Lipinski definition) is 7. The average molecular weight is 345 g/mol. The van der Waals surface area contributed by atoms with Gasteiger partial charge in [0.15, 0.2) is 4.34 Å². The van der Waals surface area contributed by atoms with E-state index in [1.165, 1.54) is 41.3 Å². The van der Waals surface area contributed by atoms with Gasteiger partial charge in [-0.1, -0.05) is 34.7 Å². The van der Waals surface area contributed by atoms with Crippen LogP contribution in [0.3, 0.4) is 0 Å². The second-order valence-electron chi connectivity index (χ2n) is 3.88. The number of anilines is 1. The lowest BCUT2D eigenvalue weighted by atomic mass is 10.2. The lowest BCUT2D eigenvalue weighted by molar-refractivity contribution is -0.384. The molecule has 110 valence electrons. The molecule has 21 heavy (non-hydrogen) atoms. The maximum absolute atomic E-state index is 12.1. The summed E-state index contributed by atoms with van der Waals surface area (Å²) in [6.07, 6.45) is 0. The van der Waals surface area contributed by atoms with Crippen molar-refractivity contribution in [2.75, 3.05) is 5.32 Å². The summed E-state index contributed by atoms with van der Waals surface area (Å²) in [6.45, 7) is 1.70. The molecule has 0 spiro atoms. The molecule has 0 saturated carbocycles. The highest BCUT2D eigenvalue weighted by Gasteiger charge is 2.18. The van der Waals surface area contributed by atoms with E-state index in [2.05, 4.69) is 15.5 Å². The first-order valence-corrected chi connectivity index (χ1v) is 7.78. The zero-order chi connectivity index (χ0) is 15.4. The number of benzene rings is 1. The number of nitrogens with zero attached hydrogens (tertiary/aromatic N) is 3. The fraction of sp³-hybridized carbons (Fsp3) is 0.182. The number of aromatic nitrogens is 2. The molecule has 0 saturated heterocycles. The number of nitro benzene ring substituents is 1. The largest absolute Gasteiger partial charge is 0.324 e. The number of thioether (sulfide) groups is 1. The predicted molar refractivity (Wildman–Crippen MR) is 82.0 cm³/mol. The number of nitrogens with one attached hydrogen (secondary N) is 1. The Morgan fingerprint density at radius 1 is 1.57 bits per heavy atom. The van der Waals surface area contributed by atoms with Crippen molar-refractivity contribution in [3.63, 3.8) is 0 Å². The van der Waals surface area contributed by atoms with Crippen LogP contribution in [0.5, 0.6) is 0 Å². The molecule has 0 aliphatic heterocycles. The third-order valence-electron chi connectivity index (χ3n) is 2.41. The van der Waals surface area contributed by atoms with Crippen LogP contribution in [-0.4, -0.2) is 26.3 Å². The Kier molecular flexibility index (Phi) is 5.10. The van der Waals surface area contributed by atoms with Gasteiger partial charge in [0.05, 0.1) is 20.9 Å². The molecule has 1 aromatic heterocycles. The number of hydrogen-bond donors (Lipinski definition) is 1. The van der Waals surface area contributed by atoms with Crippen LogP contribution in [0.15, 0.2) is 28.0 Å². The summed E-state index contributed by atoms with van der Waals surface area (Å²) < 4.78 is 0.669. The van der Waals surface area contributed by atoms with E-state index in [-0.39, 0.29) is 22.3 Å². The molecule has 1 aromatic carbocycles. The van der Waals surface area contributed by atoms with Crippen LogP contribution in [0.25, 0.3) is 0 Å². The van der Waals surface area contributed by atoms with Gasteiger partial charge < -0.3 is 5.32 Å².